The molecule has 0 aliphatic rings. The summed E-state index contributed by atoms with van der Waals surface area (Å²) in [5, 5.41) is 17.7. The number of carbonyl (C=O) groups excluding carboxylic acids is 1. The fourth-order valence-electron chi connectivity index (χ4n) is 2.82. The lowest BCUT2D eigenvalue weighted by atomic mass is 10.2. The smallest absolute Gasteiger partial charge is 0.337 e. The van der Waals surface area contributed by atoms with Crippen molar-refractivity contribution in [3.63, 3.8) is 0 Å². The highest BCUT2D eigenvalue weighted by Gasteiger charge is 2.11. The number of nitrogens with zero attached hydrogens (tertiary/aromatic N) is 3. The second-order valence-electron chi connectivity index (χ2n) is 6.89. The van der Waals surface area contributed by atoms with Gasteiger partial charge >= 0.3 is 5.97 Å². The van der Waals surface area contributed by atoms with Crippen LogP contribution in [0.4, 0.5) is 33.3 Å². The van der Waals surface area contributed by atoms with E-state index in [1.165, 1.54) is 18.3 Å². The predicted molar refractivity (Wildman–Crippen MR) is 126 cm³/mol. The Morgan fingerprint density at radius 3 is 2.29 bits per heavy atom. The Labute approximate surface area is 197 Å². The van der Waals surface area contributed by atoms with Crippen LogP contribution in [0, 0.1) is 5.82 Å². The molecule has 4 aromatic rings. The number of carbonyl (C=O) groups is 2. The number of anilines is 5. The highest BCUT2D eigenvalue weighted by atomic mass is 35.5. The van der Waals surface area contributed by atoms with Gasteiger partial charge in [0.1, 0.15) is 5.82 Å². The van der Waals surface area contributed by atoms with E-state index in [4.69, 9.17) is 16.7 Å². The maximum atomic E-state index is 14.3. The van der Waals surface area contributed by atoms with Gasteiger partial charge in [0, 0.05) is 17.4 Å². The van der Waals surface area contributed by atoms with E-state index in [1.807, 2.05) is 0 Å². The zero-order chi connectivity index (χ0) is 24.1. The second-order valence-corrected chi connectivity index (χ2v) is 7.30. The van der Waals surface area contributed by atoms with E-state index < -0.39 is 11.8 Å². The number of hydrogen-bond donors (Lipinski definition) is 4. The van der Waals surface area contributed by atoms with Gasteiger partial charge < -0.3 is 21.1 Å². The summed E-state index contributed by atoms with van der Waals surface area (Å²) in [4.78, 5) is 35.3. The molecule has 0 aliphatic heterocycles. The average molecular weight is 479 g/mol. The second kappa shape index (κ2) is 9.92. The quantitative estimate of drug-likeness (QED) is 0.288. The Morgan fingerprint density at radius 2 is 1.62 bits per heavy atom. The molecule has 9 nitrogen and oxygen atoms in total. The lowest BCUT2D eigenvalue weighted by Gasteiger charge is -2.10. The van der Waals surface area contributed by atoms with Crippen LogP contribution in [0.2, 0.25) is 5.02 Å². The van der Waals surface area contributed by atoms with Crippen molar-refractivity contribution in [2.75, 3.05) is 16.0 Å². The average Bonchev–Trinajstić information content (AvgIpc) is 2.83. The van der Waals surface area contributed by atoms with Crippen molar-refractivity contribution in [2.45, 2.75) is 0 Å². The summed E-state index contributed by atoms with van der Waals surface area (Å²) in [7, 11) is 0. The third kappa shape index (κ3) is 5.43. The van der Waals surface area contributed by atoms with Gasteiger partial charge in [-0.25, -0.2) is 19.2 Å². The molecule has 0 fully saturated rings. The van der Waals surface area contributed by atoms with Crippen molar-refractivity contribution in [3.8, 4) is 0 Å². The molecule has 4 N–H and O–H groups in total. The van der Waals surface area contributed by atoms with Gasteiger partial charge in [-0.2, -0.15) is 4.98 Å². The molecule has 0 radical (unpaired) electrons. The Bertz CT molecular complexity index is 1350. The van der Waals surface area contributed by atoms with Crippen LogP contribution < -0.4 is 16.0 Å². The van der Waals surface area contributed by atoms with Gasteiger partial charge in [-0.15, -0.1) is 0 Å². The molecule has 0 atom stereocenters. The minimum atomic E-state index is -1.10. The molecule has 4 rings (SSSR count). The van der Waals surface area contributed by atoms with Crippen molar-refractivity contribution in [3.05, 3.63) is 95.0 Å². The van der Waals surface area contributed by atoms with Gasteiger partial charge in [0.2, 0.25) is 5.95 Å². The summed E-state index contributed by atoms with van der Waals surface area (Å²) in [6, 6.07) is 16.0. The molecular formula is C23H16ClFN6O3. The Kier molecular flexibility index (Phi) is 6.60. The molecule has 0 spiro atoms. The number of pyridine rings is 1. The molecule has 2 aromatic carbocycles. The molecular weight excluding hydrogens is 463 g/mol. The maximum absolute atomic E-state index is 14.3. The lowest BCUT2D eigenvalue weighted by molar-refractivity contribution is 0.0696. The van der Waals surface area contributed by atoms with Crippen molar-refractivity contribution in [1.29, 1.82) is 0 Å². The van der Waals surface area contributed by atoms with E-state index in [2.05, 4.69) is 30.9 Å². The fourth-order valence-corrected chi connectivity index (χ4v) is 3.01. The van der Waals surface area contributed by atoms with Crippen molar-refractivity contribution >= 4 is 52.4 Å². The van der Waals surface area contributed by atoms with Crippen LogP contribution in [0.15, 0.2) is 73.1 Å². The van der Waals surface area contributed by atoms with Gasteiger partial charge in [0.05, 0.1) is 22.5 Å². The van der Waals surface area contributed by atoms with Crippen LogP contribution in [-0.4, -0.2) is 31.9 Å². The first-order valence-corrected chi connectivity index (χ1v) is 10.2. The first-order chi connectivity index (χ1) is 16.4. The number of amides is 1. The third-order valence-electron chi connectivity index (χ3n) is 4.53. The summed E-state index contributed by atoms with van der Waals surface area (Å²) in [5.41, 5.74) is 1.39. The number of aromatic carboxylic acids is 1. The largest absolute Gasteiger partial charge is 0.478 e. The summed E-state index contributed by atoms with van der Waals surface area (Å²) in [6.45, 7) is 0. The van der Waals surface area contributed by atoms with E-state index in [0.29, 0.717) is 22.0 Å². The van der Waals surface area contributed by atoms with E-state index in [-0.39, 0.29) is 29.1 Å². The molecule has 11 heteroatoms. The van der Waals surface area contributed by atoms with Crippen LogP contribution in [0.3, 0.4) is 0 Å². The number of rotatable bonds is 7. The first kappa shape index (κ1) is 22.6. The number of benzene rings is 2. The Balaban J connectivity index is 1.44. The highest BCUT2D eigenvalue weighted by molar-refractivity contribution is 6.33. The van der Waals surface area contributed by atoms with Crippen LogP contribution in [0.25, 0.3) is 0 Å². The summed E-state index contributed by atoms with van der Waals surface area (Å²) < 4.78 is 14.3. The molecule has 2 heterocycles. The molecule has 0 saturated carbocycles. The highest BCUT2D eigenvalue weighted by Crippen LogP contribution is 2.23. The predicted octanol–water partition coefficient (Wildman–Crippen LogP) is 5.10. The number of halogens is 2. The number of para-hydroxylation sites is 1. The van der Waals surface area contributed by atoms with Gasteiger partial charge in [-0.3, -0.25) is 4.79 Å². The number of carboxylic acids is 1. The topological polar surface area (TPSA) is 129 Å². The molecule has 0 aliphatic carbocycles. The molecule has 1 amide bonds. The molecule has 170 valence electrons. The van der Waals surface area contributed by atoms with Gasteiger partial charge in [-0.05, 0) is 48.5 Å². The fraction of sp³-hybridized carbons (Fsp3) is 0. The minimum absolute atomic E-state index is 0.0249. The molecule has 0 unspecified atom stereocenters. The third-order valence-corrected chi connectivity index (χ3v) is 4.86. The minimum Gasteiger partial charge on any atom is -0.478 e. The monoisotopic (exact) mass is 478 g/mol. The number of nitrogens with one attached hydrogen (secondary N) is 3. The molecule has 2 aromatic heterocycles. The van der Waals surface area contributed by atoms with Gasteiger partial charge in [0.25, 0.3) is 5.91 Å². The van der Waals surface area contributed by atoms with E-state index in [9.17, 15) is 14.0 Å². The van der Waals surface area contributed by atoms with Crippen molar-refractivity contribution < 1.29 is 19.1 Å². The van der Waals surface area contributed by atoms with Crippen molar-refractivity contribution in [2.24, 2.45) is 0 Å². The van der Waals surface area contributed by atoms with Crippen LogP contribution in [0.5, 0.6) is 0 Å². The first-order valence-electron chi connectivity index (χ1n) is 9.81. The van der Waals surface area contributed by atoms with Crippen LogP contribution >= 0.6 is 11.6 Å². The summed E-state index contributed by atoms with van der Waals surface area (Å²) >= 11 is 6.06. The Morgan fingerprint density at radius 1 is 0.882 bits per heavy atom. The summed E-state index contributed by atoms with van der Waals surface area (Å²) in [6.07, 6.45) is 2.16. The van der Waals surface area contributed by atoms with Gasteiger partial charge in [-0.1, -0.05) is 23.7 Å². The Hall–Kier alpha value is -4.57. The molecule has 34 heavy (non-hydrogen) atoms. The maximum Gasteiger partial charge on any atom is 0.337 e. The van der Waals surface area contributed by atoms with E-state index >= 15 is 0 Å². The van der Waals surface area contributed by atoms with E-state index in [0.717, 1.165) is 6.20 Å². The normalized spacial score (nSPS) is 10.4. The SMILES string of the molecule is O=C(O)c1ccc(Nc2ncc(F)c(Nc3ccc(C(=O)Nc4ccccc4Cl)cc3)n2)nc1. The lowest BCUT2D eigenvalue weighted by Crippen LogP contribution is -2.12. The zero-order valence-corrected chi connectivity index (χ0v) is 18.0. The number of carboxylic acid groups (broad SMARTS) is 1. The molecule has 0 saturated heterocycles. The van der Waals surface area contributed by atoms with E-state index in [1.54, 1.807) is 48.5 Å². The standard InChI is InChI=1S/C23H16ClFN6O3/c24-16-3-1-2-4-18(16)29-21(32)13-5-8-15(9-6-13)28-20-17(25)12-27-23(31-20)30-19-10-7-14(11-26-19)22(33)34/h1-12H,(H,29,32)(H,33,34)(H2,26,27,28,30,31). The van der Waals surface area contributed by atoms with Crippen LogP contribution in [-0.2, 0) is 0 Å². The molecule has 0 bridgehead atoms. The zero-order valence-electron chi connectivity index (χ0n) is 17.3. The number of aromatic nitrogens is 3. The van der Waals surface area contributed by atoms with Gasteiger partial charge in [0.15, 0.2) is 11.6 Å². The number of hydrogen-bond acceptors (Lipinski definition) is 7. The van der Waals surface area contributed by atoms with Crippen LogP contribution in [0.1, 0.15) is 20.7 Å². The van der Waals surface area contributed by atoms with Crippen molar-refractivity contribution in [1.82, 2.24) is 15.0 Å². The summed E-state index contributed by atoms with van der Waals surface area (Å²) in [5.74, 6) is -1.91.